The zero-order valence-electron chi connectivity index (χ0n) is 10.7. The Bertz CT molecular complexity index is 621. The number of nitrogen functional groups attached to an aromatic ring is 1. The molecule has 1 heterocycles. The van der Waals surface area contributed by atoms with Crippen LogP contribution in [0.3, 0.4) is 0 Å². The Morgan fingerprint density at radius 3 is 3.00 bits per heavy atom. The molecule has 1 atom stereocenters. The number of rotatable bonds is 5. The number of H-pyrrole nitrogens is 1. The normalized spacial score (nSPS) is 12.5. The molecule has 5 nitrogen and oxygen atoms in total. The van der Waals surface area contributed by atoms with Gasteiger partial charge >= 0.3 is 0 Å². The third-order valence-corrected chi connectivity index (χ3v) is 3.71. The monoisotopic (exact) mass is 279 g/mol. The van der Waals surface area contributed by atoms with E-state index in [4.69, 9.17) is 5.73 Å². The van der Waals surface area contributed by atoms with Crippen molar-refractivity contribution in [3.63, 3.8) is 0 Å². The molecule has 1 aromatic carbocycles. The van der Waals surface area contributed by atoms with Crippen molar-refractivity contribution >= 4 is 33.3 Å². The van der Waals surface area contributed by atoms with Crippen LogP contribution in [-0.2, 0) is 10.8 Å². The average molecular weight is 279 g/mol. The predicted octanol–water partition coefficient (Wildman–Crippen LogP) is 1.25. The van der Waals surface area contributed by atoms with Gasteiger partial charge in [0.2, 0.25) is 0 Å². The summed E-state index contributed by atoms with van der Waals surface area (Å²) in [5.41, 5.74) is 7.82. The second-order valence-electron chi connectivity index (χ2n) is 4.39. The summed E-state index contributed by atoms with van der Waals surface area (Å²) in [5, 5.41) is 3.63. The predicted molar refractivity (Wildman–Crippen MR) is 78.6 cm³/mol. The second-order valence-corrected chi connectivity index (χ2v) is 5.95. The highest BCUT2D eigenvalue weighted by Gasteiger charge is 2.11. The fourth-order valence-electron chi connectivity index (χ4n) is 1.90. The van der Waals surface area contributed by atoms with Crippen molar-refractivity contribution in [2.24, 2.45) is 0 Å². The number of anilines is 1. The van der Waals surface area contributed by atoms with E-state index in [0.29, 0.717) is 30.0 Å². The summed E-state index contributed by atoms with van der Waals surface area (Å²) in [6.07, 6.45) is 4.04. The van der Waals surface area contributed by atoms with Gasteiger partial charge in [0.05, 0.1) is 5.56 Å². The van der Waals surface area contributed by atoms with E-state index < -0.39 is 10.8 Å². The highest BCUT2D eigenvalue weighted by atomic mass is 32.2. The zero-order valence-corrected chi connectivity index (χ0v) is 11.5. The van der Waals surface area contributed by atoms with Crippen molar-refractivity contribution in [1.29, 1.82) is 0 Å². The van der Waals surface area contributed by atoms with Gasteiger partial charge < -0.3 is 16.0 Å². The van der Waals surface area contributed by atoms with Crippen molar-refractivity contribution in [3.05, 3.63) is 30.0 Å². The van der Waals surface area contributed by atoms with Crippen molar-refractivity contribution < 1.29 is 9.00 Å². The van der Waals surface area contributed by atoms with E-state index in [1.165, 1.54) is 0 Å². The lowest BCUT2D eigenvalue weighted by Crippen LogP contribution is -2.25. The van der Waals surface area contributed by atoms with Crippen molar-refractivity contribution in [2.75, 3.05) is 24.3 Å². The fraction of sp³-hybridized carbons (Fsp3) is 0.308. The maximum Gasteiger partial charge on any atom is 0.253 e. The topological polar surface area (TPSA) is 88.0 Å². The first kappa shape index (κ1) is 13.6. The summed E-state index contributed by atoms with van der Waals surface area (Å²) in [4.78, 5) is 15.1. The molecule has 19 heavy (non-hydrogen) atoms. The molecular weight excluding hydrogens is 262 g/mol. The van der Waals surface area contributed by atoms with Gasteiger partial charge in [0.25, 0.3) is 5.91 Å². The van der Waals surface area contributed by atoms with E-state index in [9.17, 15) is 9.00 Å². The van der Waals surface area contributed by atoms with Crippen LogP contribution in [0.25, 0.3) is 10.9 Å². The van der Waals surface area contributed by atoms with Crippen LogP contribution < -0.4 is 11.1 Å². The van der Waals surface area contributed by atoms with Gasteiger partial charge in [-0.05, 0) is 24.6 Å². The SMILES string of the molecule is CS(=O)CCCNC(=O)c1c[nH]c2ccc(N)cc12. The van der Waals surface area contributed by atoms with E-state index in [2.05, 4.69) is 10.3 Å². The van der Waals surface area contributed by atoms with E-state index in [1.807, 2.05) is 6.07 Å². The number of aromatic amines is 1. The summed E-state index contributed by atoms with van der Waals surface area (Å²) in [6, 6.07) is 5.42. The molecule has 0 aliphatic rings. The number of nitrogens with one attached hydrogen (secondary N) is 2. The molecule has 1 aromatic heterocycles. The Hall–Kier alpha value is -1.82. The molecule has 1 unspecified atom stereocenters. The van der Waals surface area contributed by atoms with E-state index >= 15 is 0 Å². The number of hydrogen-bond donors (Lipinski definition) is 3. The Labute approximate surface area is 114 Å². The molecule has 0 aliphatic heterocycles. The average Bonchev–Trinajstić information content (AvgIpc) is 2.77. The van der Waals surface area contributed by atoms with Gasteiger partial charge in [0.1, 0.15) is 0 Å². The van der Waals surface area contributed by atoms with Crippen LogP contribution in [0.15, 0.2) is 24.4 Å². The minimum atomic E-state index is -0.816. The van der Waals surface area contributed by atoms with Gasteiger partial charge in [-0.2, -0.15) is 0 Å². The summed E-state index contributed by atoms with van der Waals surface area (Å²) in [6.45, 7) is 0.521. The summed E-state index contributed by atoms with van der Waals surface area (Å²) < 4.78 is 10.9. The van der Waals surface area contributed by atoms with Gasteiger partial charge in [-0.25, -0.2) is 0 Å². The maximum atomic E-state index is 12.0. The first-order valence-corrected chi connectivity index (χ1v) is 7.75. The van der Waals surface area contributed by atoms with Crippen LogP contribution in [-0.4, -0.2) is 33.7 Å². The van der Waals surface area contributed by atoms with Crippen LogP contribution in [0.4, 0.5) is 5.69 Å². The quantitative estimate of drug-likeness (QED) is 0.568. The standard InChI is InChI=1S/C13H17N3O2S/c1-19(18)6-2-5-15-13(17)11-8-16-12-4-3-9(14)7-10(11)12/h3-4,7-8,16H,2,5-6,14H2,1H3,(H,15,17). The number of nitrogens with two attached hydrogens (primary N) is 1. The molecular formula is C13H17N3O2S. The van der Waals surface area contributed by atoms with Crippen LogP contribution in [0.2, 0.25) is 0 Å². The Balaban J connectivity index is 2.05. The van der Waals surface area contributed by atoms with Crippen LogP contribution in [0, 0.1) is 0 Å². The number of benzene rings is 1. The molecule has 2 aromatic rings. The molecule has 0 bridgehead atoms. The molecule has 102 valence electrons. The van der Waals surface area contributed by atoms with Gasteiger partial charge in [-0.3, -0.25) is 9.00 Å². The lowest BCUT2D eigenvalue weighted by atomic mass is 10.1. The molecule has 0 radical (unpaired) electrons. The molecule has 0 spiro atoms. The molecule has 4 N–H and O–H groups in total. The largest absolute Gasteiger partial charge is 0.399 e. The molecule has 6 heteroatoms. The van der Waals surface area contributed by atoms with E-state index in [1.54, 1.807) is 24.6 Å². The number of carbonyl (C=O) groups excluding carboxylic acids is 1. The molecule has 0 saturated heterocycles. The Kier molecular flexibility index (Phi) is 4.21. The highest BCUT2D eigenvalue weighted by molar-refractivity contribution is 7.84. The third kappa shape index (κ3) is 3.35. The number of hydrogen-bond acceptors (Lipinski definition) is 3. The smallest absolute Gasteiger partial charge is 0.253 e. The zero-order chi connectivity index (χ0) is 13.8. The maximum absolute atomic E-state index is 12.0. The summed E-state index contributed by atoms with van der Waals surface area (Å²) >= 11 is 0. The fourth-order valence-corrected chi connectivity index (χ4v) is 2.45. The molecule has 1 amide bonds. The van der Waals surface area contributed by atoms with Gasteiger partial charge in [0, 0.05) is 52.1 Å². The summed E-state index contributed by atoms with van der Waals surface area (Å²) in [5.74, 6) is 0.458. The molecule has 2 rings (SSSR count). The van der Waals surface area contributed by atoms with E-state index in [-0.39, 0.29) is 5.91 Å². The van der Waals surface area contributed by atoms with Crippen LogP contribution in [0.1, 0.15) is 16.8 Å². The summed E-state index contributed by atoms with van der Waals surface area (Å²) in [7, 11) is -0.816. The lowest BCUT2D eigenvalue weighted by Gasteiger charge is -2.03. The minimum Gasteiger partial charge on any atom is -0.399 e. The molecule has 0 saturated carbocycles. The first-order valence-electron chi connectivity index (χ1n) is 6.03. The van der Waals surface area contributed by atoms with Crippen LogP contribution in [0.5, 0.6) is 0 Å². The number of fused-ring (bicyclic) bond motifs is 1. The van der Waals surface area contributed by atoms with Crippen LogP contribution >= 0.6 is 0 Å². The highest BCUT2D eigenvalue weighted by Crippen LogP contribution is 2.20. The van der Waals surface area contributed by atoms with Gasteiger partial charge in [-0.15, -0.1) is 0 Å². The van der Waals surface area contributed by atoms with Gasteiger partial charge in [0.15, 0.2) is 0 Å². The first-order chi connectivity index (χ1) is 9.08. The molecule has 0 aliphatic carbocycles. The Morgan fingerprint density at radius 1 is 1.47 bits per heavy atom. The van der Waals surface area contributed by atoms with Crippen molar-refractivity contribution in [3.8, 4) is 0 Å². The van der Waals surface area contributed by atoms with Crippen molar-refractivity contribution in [2.45, 2.75) is 6.42 Å². The number of aromatic nitrogens is 1. The lowest BCUT2D eigenvalue weighted by molar-refractivity contribution is 0.0955. The number of amides is 1. The second kappa shape index (κ2) is 5.88. The van der Waals surface area contributed by atoms with Crippen molar-refractivity contribution in [1.82, 2.24) is 10.3 Å². The minimum absolute atomic E-state index is 0.140. The Morgan fingerprint density at radius 2 is 2.26 bits per heavy atom. The number of carbonyl (C=O) groups is 1. The van der Waals surface area contributed by atoms with E-state index in [0.717, 1.165) is 10.9 Å². The molecule has 0 fully saturated rings. The third-order valence-electron chi connectivity index (χ3n) is 2.84. The van der Waals surface area contributed by atoms with Gasteiger partial charge in [-0.1, -0.05) is 0 Å².